The molecule has 1 aliphatic heterocycles. The van der Waals surface area contributed by atoms with Gasteiger partial charge in [0, 0.05) is 6.61 Å². The fourth-order valence-electron chi connectivity index (χ4n) is 1.00. The molecule has 0 aliphatic carbocycles. The molecule has 0 aromatic heterocycles. The van der Waals surface area contributed by atoms with Gasteiger partial charge >= 0.3 is 0 Å². The Hall–Kier alpha value is -0.340. The predicted molar refractivity (Wildman–Crippen MR) is 35.2 cm³/mol. The van der Waals surface area contributed by atoms with Crippen molar-refractivity contribution in [2.45, 2.75) is 18.9 Å². The van der Waals surface area contributed by atoms with E-state index in [0.29, 0.717) is 6.61 Å². The van der Waals surface area contributed by atoms with E-state index >= 15 is 0 Å². The van der Waals surface area contributed by atoms with Gasteiger partial charge in [0.2, 0.25) is 0 Å². The van der Waals surface area contributed by atoms with Gasteiger partial charge in [-0.15, -0.1) is 0 Å². The van der Waals surface area contributed by atoms with Gasteiger partial charge in [-0.05, 0) is 18.4 Å². The van der Waals surface area contributed by atoms with Gasteiger partial charge in [-0.2, -0.15) is 0 Å². The molecule has 9 heavy (non-hydrogen) atoms. The van der Waals surface area contributed by atoms with Crippen molar-refractivity contribution in [3.63, 3.8) is 0 Å². The van der Waals surface area contributed by atoms with Gasteiger partial charge in [-0.1, -0.05) is 6.58 Å². The van der Waals surface area contributed by atoms with Crippen molar-refractivity contribution in [3.05, 3.63) is 12.2 Å². The van der Waals surface area contributed by atoms with Crippen LogP contribution in [0.4, 0.5) is 0 Å². The molecule has 1 aliphatic rings. The highest BCUT2D eigenvalue weighted by atomic mass is 16.5. The molecule has 0 spiro atoms. The normalized spacial score (nSPS) is 27.2. The van der Waals surface area contributed by atoms with E-state index in [4.69, 9.17) is 9.84 Å². The topological polar surface area (TPSA) is 29.5 Å². The fourth-order valence-corrected chi connectivity index (χ4v) is 1.00. The molecule has 0 aromatic rings. The average molecular weight is 128 g/mol. The molecular formula is C7H12O2. The maximum absolute atomic E-state index is 8.50. The second kappa shape index (κ2) is 2.99. The molecule has 1 rings (SSSR count). The fraction of sp³-hybridized carbons (Fsp3) is 0.714. The van der Waals surface area contributed by atoms with Crippen molar-refractivity contribution in [1.82, 2.24) is 0 Å². The molecule has 2 heteroatoms. The quantitative estimate of drug-likeness (QED) is 0.555. The monoisotopic (exact) mass is 128 g/mol. The van der Waals surface area contributed by atoms with Gasteiger partial charge in [-0.25, -0.2) is 0 Å². The summed E-state index contributed by atoms with van der Waals surface area (Å²) in [5.41, 5.74) is 1.15. The average Bonchev–Trinajstić information content (AvgIpc) is 2.17. The number of rotatable bonds is 2. The zero-order valence-electron chi connectivity index (χ0n) is 5.47. The first-order valence-electron chi connectivity index (χ1n) is 3.22. The van der Waals surface area contributed by atoms with Crippen molar-refractivity contribution in [3.8, 4) is 0 Å². The number of aliphatic hydroxyl groups is 1. The number of aliphatic hydroxyl groups excluding tert-OH is 1. The van der Waals surface area contributed by atoms with Gasteiger partial charge in [-0.3, -0.25) is 0 Å². The molecule has 1 atom stereocenters. The summed E-state index contributed by atoms with van der Waals surface area (Å²) in [5, 5.41) is 8.50. The van der Waals surface area contributed by atoms with E-state index in [-0.39, 0.29) is 12.7 Å². The van der Waals surface area contributed by atoms with Crippen molar-refractivity contribution in [2.24, 2.45) is 0 Å². The molecule has 1 heterocycles. The second-order valence-electron chi connectivity index (χ2n) is 2.40. The van der Waals surface area contributed by atoms with E-state index in [2.05, 4.69) is 6.58 Å². The minimum atomic E-state index is 0.220. The maximum atomic E-state index is 8.50. The molecule has 2 nitrogen and oxygen atoms in total. The lowest BCUT2D eigenvalue weighted by molar-refractivity contribution is 0.0886. The maximum Gasteiger partial charge on any atom is 0.0679 e. The van der Waals surface area contributed by atoms with Crippen LogP contribution >= 0.6 is 0 Å². The van der Waals surface area contributed by atoms with E-state index in [1.54, 1.807) is 0 Å². The number of hydrogen-bond acceptors (Lipinski definition) is 2. The van der Waals surface area contributed by atoms with Gasteiger partial charge < -0.3 is 9.84 Å². The first-order chi connectivity index (χ1) is 4.33. The molecule has 0 unspecified atom stereocenters. The Morgan fingerprint density at radius 1 is 1.78 bits per heavy atom. The minimum Gasteiger partial charge on any atom is -0.396 e. The molecule has 52 valence electrons. The van der Waals surface area contributed by atoms with Gasteiger partial charge in [0.15, 0.2) is 0 Å². The highest BCUT2D eigenvalue weighted by Gasteiger charge is 2.16. The molecule has 0 saturated carbocycles. The van der Waals surface area contributed by atoms with Crippen LogP contribution in [0.2, 0.25) is 0 Å². The third-order valence-electron chi connectivity index (χ3n) is 1.49. The van der Waals surface area contributed by atoms with Crippen molar-refractivity contribution < 1.29 is 9.84 Å². The van der Waals surface area contributed by atoms with Crippen LogP contribution in [0.3, 0.4) is 0 Å². The SMILES string of the molecule is C=C1CO[C@@H](CCO)C1. The Bertz CT molecular complexity index is 109. The molecule has 0 bridgehead atoms. The summed E-state index contributed by atoms with van der Waals surface area (Å²) in [4.78, 5) is 0. The Balaban J connectivity index is 2.22. The van der Waals surface area contributed by atoms with Crippen LogP contribution in [0, 0.1) is 0 Å². The molecule has 1 saturated heterocycles. The van der Waals surface area contributed by atoms with Crippen molar-refractivity contribution in [2.75, 3.05) is 13.2 Å². The summed E-state index contributed by atoms with van der Waals surface area (Å²) in [7, 11) is 0. The van der Waals surface area contributed by atoms with Crippen LogP contribution < -0.4 is 0 Å². The number of hydrogen-bond donors (Lipinski definition) is 1. The molecule has 0 aromatic carbocycles. The Morgan fingerprint density at radius 3 is 3.00 bits per heavy atom. The molecule has 1 fully saturated rings. The third kappa shape index (κ3) is 1.80. The molecule has 0 amide bonds. The Labute approximate surface area is 55.1 Å². The van der Waals surface area contributed by atoms with E-state index < -0.39 is 0 Å². The first kappa shape index (κ1) is 6.78. The first-order valence-corrected chi connectivity index (χ1v) is 3.22. The largest absolute Gasteiger partial charge is 0.396 e. The lowest BCUT2D eigenvalue weighted by Crippen LogP contribution is -2.06. The number of ether oxygens (including phenoxy) is 1. The zero-order valence-corrected chi connectivity index (χ0v) is 5.47. The summed E-state index contributed by atoms with van der Waals surface area (Å²) in [5.74, 6) is 0. The van der Waals surface area contributed by atoms with Crippen LogP contribution in [0.5, 0.6) is 0 Å². The molecular weight excluding hydrogens is 116 g/mol. The van der Waals surface area contributed by atoms with Crippen LogP contribution in [0.1, 0.15) is 12.8 Å². The van der Waals surface area contributed by atoms with E-state index in [0.717, 1.165) is 18.4 Å². The Morgan fingerprint density at radius 2 is 2.56 bits per heavy atom. The van der Waals surface area contributed by atoms with Crippen LogP contribution in [-0.4, -0.2) is 24.4 Å². The lowest BCUT2D eigenvalue weighted by atomic mass is 10.1. The van der Waals surface area contributed by atoms with Crippen LogP contribution in [0.15, 0.2) is 12.2 Å². The molecule has 0 radical (unpaired) electrons. The smallest absolute Gasteiger partial charge is 0.0679 e. The van der Waals surface area contributed by atoms with Crippen LogP contribution in [-0.2, 0) is 4.74 Å². The van der Waals surface area contributed by atoms with Gasteiger partial charge in [0.1, 0.15) is 0 Å². The van der Waals surface area contributed by atoms with Gasteiger partial charge in [0.05, 0.1) is 12.7 Å². The lowest BCUT2D eigenvalue weighted by Gasteiger charge is -2.03. The van der Waals surface area contributed by atoms with E-state index in [1.165, 1.54) is 0 Å². The summed E-state index contributed by atoms with van der Waals surface area (Å²) in [6.07, 6.45) is 1.92. The predicted octanol–water partition coefficient (Wildman–Crippen LogP) is 0.714. The molecule has 1 N–H and O–H groups in total. The summed E-state index contributed by atoms with van der Waals surface area (Å²) in [6.45, 7) is 4.69. The Kier molecular flexibility index (Phi) is 2.25. The highest BCUT2D eigenvalue weighted by Crippen LogP contribution is 2.18. The minimum absolute atomic E-state index is 0.220. The second-order valence-corrected chi connectivity index (χ2v) is 2.40. The van der Waals surface area contributed by atoms with Crippen LogP contribution in [0.25, 0.3) is 0 Å². The third-order valence-corrected chi connectivity index (χ3v) is 1.49. The van der Waals surface area contributed by atoms with Crippen molar-refractivity contribution >= 4 is 0 Å². The van der Waals surface area contributed by atoms with Crippen molar-refractivity contribution in [1.29, 1.82) is 0 Å². The standard InChI is InChI=1S/C7H12O2/c1-6-4-7(2-3-8)9-5-6/h7-8H,1-5H2/t7-/m0/s1. The summed E-state index contributed by atoms with van der Waals surface area (Å²) in [6, 6.07) is 0. The van der Waals surface area contributed by atoms with Gasteiger partial charge in [0.25, 0.3) is 0 Å². The van der Waals surface area contributed by atoms with E-state index in [1.807, 2.05) is 0 Å². The zero-order chi connectivity index (χ0) is 6.69. The van der Waals surface area contributed by atoms with E-state index in [9.17, 15) is 0 Å². The highest BCUT2D eigenvalue weighted by molar-refractivity contribution is 5.01. The summed E-state index contributed by atoms with van der Waals surface area (Å²) < 4.78 is 5.25. The summed E-state index contributed by atoms with van der Waals surface area (Å²) >= 11 is 0.